The van der Waals surface area contributed by atoms with Gasteiger partial charge in [0.2, 0.25) is 0 Å². The summed E-state index contributed by atoms with van der Waals surface area (Å²) in [5.41, 5.74) is -2.64. The number of nitrogens with one attached hydrogen (secondary N) is 1. The molecule has 16 atom stereocenters. The van der Waals surface area contributed by atoms with Crippen LogP contribution in [-0.4, -0.2) is 116 Å². The quantitative estimate of drug-likeness (QED) is 0.192. The average Bonchev–Trinajstić information content (AvgIpc) is 3.16. The number of ketones is 2. The molecule has 12 nitrogen and oxygen atoms in total. The van der Waals surface area contributed by atoms with Crippen LogP contribution in [0.3, 0.4) is 0 Å². The molecule has 3 saturated carbocycles. The lowest BCUT2D eigenvalue weighted by atomic mass is 9.52. The minimum absolute atomic E-state index is 0.0786. The first-order valence-electron chi connectivity index (χ1n) is 20.3. The van der Waals surface area contributed by atoms with E-state index in [1.54, 1.807) is 27.7 Å². The summed E-state index contributed by atoms with van der Waals surface area (Å²) in [7, 11) is 3.22. The molecule has 9 rings (SSSR count). The largest absolute Gasteiger partial charge is 0.511 e. The van der Waals surface area contributed by atoms with E-state index in [0.717, 1.165) is 57.1 Å². The number of nitrogens with two attached hydrogens (primary N) is 1. The molecule has 5 heterocycles. The number of piperidine rings is 2. The molecule has 0 aromatic heterocycles. The molecular weight excluding hydrogens is 721 g/mol. The predicted molar refractivity (Wildman–Crippen MR) is 198 cm³/mol. The van der Waals surface area contributed by atoms with Gasteiger partial charge in [-0.3, -0.25) is 14.9 Å². The maximum atomic E-state index is 15.3. The molecule has 53 heavy (non-hydrogen) atoms. The Balaban J connectivity index is 1.15. The van der Waals surface area contributed by atoms with Gasteiger partial charge in [0.15, 0.2) is 12.1 Å². The number of aliphatic hydroxyl groups excluding tert-OH is 5. The minimum Gasteiger partial charge on any atom is -0.511 e. The Morgan fingerprint density at radius 1 is 0.943 bits per heavy atom. The molecule has 5 aliphatic heterocycles. The van der Waals surface area contributed by atoms with Crippen molar-refractivity contribution >= 4 is 33.2 Å². The third-order valence-electron chi connectivity index (χ3n) is 14.6. The van der Waals surface area contributed by atoms with Crippen LogP contribution in [0.5, 0.6) is 0 Å². The van der Waals surface area contributed by atoms with Crippen molar-refractivity contribution in [3.63, 3.8) is 0 Å². The summed E-state index contributed by atoms with van der Waals surface area (Å²) in [6.45, 7) is 0.463. The van der Waals surface area contributed by atoms with Gasteiger partial charge >= 0.3 is 0 Å². The van der Waals surface area contributed by atoms with Gasteiger partial charge in [-0.1, -0.05) is 46.9 Å². The first-order chi connectivity index (χ1) is 25.6. The van der Waals surface area contributed by atoms with Gasteiger partial charge in [0.05, 0.1) is 36.5 Å². The van der Waals surface area contributed by atoms with Crippen molar-refractivity contribution in [1.82, 2.24) is 5.32 Å². The van der Waals surface area contributed by atoms with E-state index in [4.69, 9.17) is 9.47 Å². The van der Waals surface area contributed by atoms with Gasteiger partial charge in [0.25, 0.3) is 0 Å². The van der Waals surface area contributed by atoms with Crippen molar-refractivity contribution in [2.75, 3.05) is 25.5 Å². The SMILES string of the molecule is O=C1C2CCCC3O[C@@H]4O[C@H](CO)[C@@H](O)[C@](O)(CCC5CC[NH2+]C6N[C@H](CCC56)SSC[C@@]5(C(=O)C32)C(O)=CC(CC2CCCC(CO)C2)=C[C@@H]15)[C@H]4O. The van der Waals surface area contributed by atoms with Crippen LogP contribution in [0.15, 0.2) is 23.5 Å². The number of carbonyl (C=O) groups is 2. The molecule has 9 aliphatic rings. The number of hydrogen-bond acceptors (Lipinski definition) is 13. The standard InChI is InChI=1S/C39H58N2O10S2/c42-17-21-4-1-3-20(13-21)14-22-15-26-32(45)25-5-2-6-27-31(25)34(47)38(26,29(44)16-22)19-52-53-30-8-7-24-23(10-12-40-36(24)41-30)9-11-39(49)33(46)28(18-43)51-37(50-27)35(39)48/h15-16,20-21,23-28,30-31,33,35-37,40-44,46,48-49H,1-14,17-19H2/p+1/t20?,21?,23?,24?,25?,26-,27?,28+,30-,31?,33+,35-,36?,37+,38-,39+/m0/s1. The van der Waals surface area contributed by atoms with E-state index in [1.165, 1.54) is 0 Å². The molecular formula is C39H59N2O10S2+. The van der Waals surface area contributed by atoms with E-state index >= 15 is 4.79 Å². The highest BCUT2D eigenvalue weighted by atomic mass is 33.1. The molecule has 0 radical (unpaired) electrons. The molecule has 5 saturated heterocycles. The number of Topliss-reactive ketones (excluding diaryl/α,β-unsaturated/α-hetero) is 2. The van der Waals surface area contributed by atoms with Crippen LogP contribution in [0, 0.1) is 46.8 Å². The number of allylic oxidation sites excluding steroid dienone is 4. The molecule has 9 N–H and O–H groups in total. The van der Waals surface area contributed by atoms with E-state index in [0.29, 0.717) is 43.9 Å². The predicted octanol–water partition coefficient (Wildman–Crippen LogP) is 1.69. The molecule has 0 aromatic carbocycles. The Kier molecular flexibility index (Phi) is 11.5. The van der Waals surface area contributed by atoms with Crippen LogP contribution < -0.4 is 10.6 Å². The van der Waals surface area contributed by atoms with E-state index in [9.17, 15) is 35.4 Å². The molecule has 8 fully saturated rings. The zero-order chi connectivity index (χ0) is 37.1. The zero-order valence-corrected chi connectivity index (χ0v) is 32.1. The lowest BCUT2D eigenvalue weighted by Gasteiger charge is -2.53. The van der Waals surface area contributed by atoms with Gasteiger partial charge in [-0.05, 0) is 93.6 Å². The Morgan fingerprint density at radius 2 is 1.75 bits per heavy atom. The average molecular weight is 780 g/mol. The van der Waals surface area contributed by atoms with Crippen molar-refractivity contribution in [2.45, 2.75) is 131 Å². The third-order valence-corrected chi connectivity index (χ3v) is 17.4. The molecule has 8 bridgehead atoms. The van der Waals surface area contributed by atoms with Gasteiger partial charge in [0, 0.05) is 24.2 Å². The summed E-state index contributed by atoms with van der Waals surface area (Å²) in [6.07, 6.45) is 6.73. The number of ether oxygens (including phenoxy) is 2. The Bertz CT molecular complexity index is 1450. The van der Waals surface area contributed by atoms with Gasteiger partial charge in [-0.25, -0.2) is 0 Å². The van der Waals surface area contributed by atoms with Crippen molar-refractivity contribution in [3.8, 4) is 0 Å². The zero-order valence-electron chi connectivity index (χ0n) is 30.5. The number of fused-ring (bicyclic) bond motifs is 4. The first kappa shape index (κ1) is 38.8. The maximum absolute atomic E-state index is 15.3. The second-order valence-electron chi connectivity index (χ2n) is 17.5. The summed E-state index contributed by atoms with van der Waals surface area (Å²) < 4.78 is 12.4. The van der Waals surface area contributed by atoms with Gasteiger partial charge in [-0.15, -0.1) is 0 Å². The van der Waals surface area contributed by atoms with Crippen molar-refractivity contribution in [2.24, 2.45) is 46.8 Å². The topological polar surface area (TPSA) is 203 Å². The fraction of sp³-hybridized carbons (Fsp3) is 0.846. The minimum atomic E-state index is -2.02. The van der Waals surface area contributed by atoms with Crippen LogP contribution in [-0.2, 0) is 19.1 Å². The van der Waals surface area contributed by atoms with Gasteiger partial charge in [-0.2, -0.15) is 0 Å². The van der Waals surface area contributed by atoms with Crippen LogP contribution in [0.25, 0.3) is 0 Å². The van der Waals surface area contributed by atoms with E-state index in [-0.39, 0.29) is 59.5 Å². The summed E-state index contributed by atoms with van der Waals surface area (Å²) in [6, 6.07) is 0. The van der Waals surface area contributed by atoms with Crippen LogP contribution in [0.4, 0.5) is 0 Å². The molecule has 0 aromatic rings. The molecule has 296 valence electrons. The summed E-state index contributed by atoms with van der Waals surface area (Å²) in [5.74, 6) is -1.38. The number of aliphatic hydroxyl groups is 6. The van der Waals surface area contributed by atoms with Crippen LogP contribution in [0.2, 0.25) is 0 Å². The second-order valence-corrected chi connectivity index (χ2v) is 20.1. The first-order valence-corrected chi connectivity index (χ1v) is 22.6. The molecule has 8 unspecified atom stereocenters. The lowest BCUT2D eigenvalue weighted by molar-refractivity contribution is -0.715. The molecule has 1 spiro atoms. The van der Waals surface area contributed by atoms with E-state index < -0.39 is 66.1 Å². The number of quaternary nitrogens is 1. The Morgan fingerprint density at radius 3 is 2.57 bits per heavy atom. The lowest BCUT2D eigenvalue weighted by Crippen LogP contribution is -2.98. The highest BCUT2D eigenvalue weighted by Crippen LogP contribution is 2.57. The smallest absolute Gasteiger partial charge is 0.187 e. The van der Waals surface area contributed by atoms with E-state index in [1.807, 2.05) is 6.08 Å². The second kappa shape index (κ2) is 15.7. The molecule has 0 amide bonds. The van der Waals surface area contributed by atoms with Crippen molar-refractivity contribution in [3.05, 3.63) is 23.5 Å². The van der Waals surface area contributed by atoms with Crippen LogP contribution in [0.1, 0.15) is 83.5 Å². The number of rotatable bonds is 4. The summed E-state index contributed by atoms with van der Waals surface area (Å²) >= 11 is 0. The maximum Gasteiger partial charge on any atom is 0.187 e. The number of carbonyl (C=O) groups excluding carboxylic acids is 2. The third kappa shape index (κ3) is 6.91. The Hall–Kier alpha value is -1.04. The molecule has 14 heteroatoms. The number of hydrogen-bond donors (Lipinski definition) is 8. The van der Waals surface area contributed by atoms with Crippen molar-refractivity contribution in [1.29, 1.82) is 0 Å². The van der Waals surface area contributed by atoms with Crippen molar-refractivity contribution < 1.29 is 55.0 Å². The van der Waals surface area contributed by atoms with Crippen LogP contribution >= 0.6 is 21.6 Å². The fourth-order valence-corrected chi connectivity index (χ4v) is 14.7. The van der Waals surface area contributed by atoms with Gasteiger partial charge in [0.1, 0.15) is 47.0 Å². The Labute approximate surface area is 319 Å². The highest BCUT2D eigenvalue weighted by molar-refractivity contribution is 8.76. The van der Waals surface area contributed by atoms with Gasteiger partial charge < -0.3 is 45.4 Å². The fourth-order valence-electron chi connectivity index (χ4n) is 11.7. The highest BCUT2D eigenvalue weighted by Gasteiger charge is 2.65. The normalized spacial score (nSPS) is 49.2. The molecule has 4 aliphatic carbocycles. The van der Waals surface area contributed by atoms with E-state index in [2.05, 4.69) is 10.6 Å². The summed E-state index contributed by atoms with van der Waals surface area (Å²) in [5, 5.41) is 73.6. The monoisotopic (exact) mass is 779 g/mol. The summed E-state index contributed by atoms with van der Waals surface area (Å²) in [4.78, 5) is 30.1.